The van der Waals surface area contributed by atoms with Crippen LogP contribution in [0.5, 0.6) is 0 Å². The van der Waals surface area contributed by atoms with Crippen molar-refractivity contribution in [3.8, 4) is 0 Å². The number of carboxylic acids is 2. The molecule has 0 aromatic heterocycles. The Labute approximate surface area is 254 Å². The molecule has 0 unspecified atom stereocenters. The number of carbonyl (C=O) groups excluding carboxylic acids is 3. The third-order valence-electron chi connectivity index (χ3n) is 5.56. The van der Waals surface area contributed by atoms with Gasteiger partial charge < -0.3 is 15.1 Å². The second-order valence-corrected chi connectivity index (χ2v) is 8.84. The van der Waals surface area contributed by atoms with E-state index < -0.39 is 29.7 Å². The molecule has 1 aliphatic rings. The van der Waals surface area contributed by atoms with Crippen molar-refractivity contribution >= 4 is 41.3 Å². The molecule has 3 aromatic rings. The zero-order valence-electron chi connectivity index (χ0n) is 22.8. The van der Waals surface area contributed by atoms with Crippen LogP contribution in [0.3, 0.4) is 0 Å². The molecule has 4 rings (SSSR count). The largest absolute Gasteiger partial charge is 0.478 e. The molecular formula is C28H24ClN7O8. The van der Waals surface area contributed by atoms with Crippen molar-refractivity contribution in [3.05, 3.63) is 127 Å². The molecule has 1 heterocycles. The molecule has 0 atom stereocenters. The minimum absolute atomic E-state index is 0.0528. The number of carbonyl (C=O) groups is 5. The molecule has 0 radical (unpaired) electrons. The topological polar surface area (TPSA) is 236 Å². The highest BCUT2D eigenvalue weighted by molar-refractivity contribution is 6.17. The summed E-state index contributed by atoms with van der Waals surface area (Å²) in [4.78, 5) is 65.2. The zero-order valence-corrected chi connectivity index (χ0v) is 23.6. The van der Waals surface area contributed by atoms with Crippen molar-refractivity contribution in [2.45, 2.75) is 31.8 Å². The smallest absolute Gasteiger partial charge is 0.363 e. The molecule has 2 amide bonds. The van der Waals surface area contributed by atoms with E-state index in [-0.39, 0.29) is 37.1 Å². The Morgan fingerprint density at radius 3 is 1.41 bits per heavy atom. The van der Waals surface area contributed by atoms with Crippen LogP contribution in [0.4, 0.5) is 0 Å². The minimum atomic E-state index is -0.963. The normalized spacial score (nSPS) is 11.4. The van der Waals surface area contributed by atoms with Crippen molar-refractivity contribution in [2.24, 2.45) is 10.2 Å². The highest BCUT2D eigenvalue weighted by Crippen LogP contribution is 2.15. The molecule has 3 aromatic carbocycles. The molecule has 226 valence electrons. The fourth-order valence-electron chi connectivity index (χ4n) is 3.26. The Morgan fingerprint density at radius 1 is 0.705 bits per heavy atom. The maximum Gasteiger partial charge on any atom is 0.363 e. The third kappa shape index (κ3) is 11.2. The highest BCUT2D eigenvalue weighted by atomic mass is 35.5. The van der Waals surface area contributed by atoms with E-state index in [9.17, 15) is 24.0 Å². The van der Waals surface area contributed by atoms with Crippen LogP contribution >= 0.6 is 11.6 Å². The van der Waals surface area contributed by atoms with Crippen LogP contribution in [0.25, 0.3) is 20.9 Å². The second kappa shape index (κ2) is 17.8. The maximum atomic E-state index is 11.8. The number of nitrogens with zero attached hydrogens (tertiary/aromatic N) is 7. The molecule has 1 fully saturated rings. The van der Waals surface area contributed by atoms with Crippen molar-refractivity contribution in [1.29, 1.82) is 0 Å². The van der Waals surface area contributed by atoms with E-state index in [0.717, 1.165) is 16.7 Å². The molecular weight excluding hydrogens is 598 g/mol. The van der Waals surface area contributed by atoms with Gasteiger partial charge in [-0.05, 0) is 64.2 Å². The number of rotatable bonds is 9. The number of carboxylic acid groups (broad SMARTS) is 2. The predicted octanol–water partition coefficient (Wildman–Crippen LogP) is 6.04. The van der Waals surface area contributed by atoms with Crippen LogP contribution in [0.1, 0.15) is 60.6 Å². The van der Waals surface area contributed by atoms with Gasteiger partial charge in [0.15, 0.2) is 0 Å². The van der Waals surface area contributed by atoms with Gasteiger partial charge in [0, 0.05) is 28.5 Å². The summed E-state index contributed by atoms with van der Waals surface area (Å²) < 4.78 is 0. The van der Waals surface area contributed by atoms with Gasteiger partial charge in [-0.25, -0.2) is 14.4 Å². The van der Waals surface area contributed by atoms with Crippen LogP contribution in [-0.4, -0.2) is 45.0 Å². The van der Waals surface area contributed by atoms with Gasteiger partial charge >= 0.3 is 17.9 Å². The van der Waals surface area contributed by atoms with Gasteiger partial charge in [0.2, 0.25) is 0 Å². The molecule has 1 aliphatic heterocycles. The van der Waals surface area contributed by atoms with Crippen LogP contribution in [0.15, 0.2) is 83.0 Å². The third-order valence-corrected chi connectivity index (χ3v) is 5.87. The first-order valence-corrected chi connectivity index (χ1v) is 13.0. The van der Waals surface area contributed by atoms with Gasteiger partial charge in [0.1, 0.15) is 0 Å². The molecule has 2 N–H and O–H groups in total. The average molecular weight is 622 g/mol. The Balaban J connectivity index is 0.000000244. The summed E-state index contributed by atoms with van der Waals surface area (Å²) in [6, 6.07) is 18.8. The number of hydrogen-bond donors (Lipinski definition) is 2. The van der Waals surface area contributed by atoms with Gasteiger partial charge in [0.25, 0.3) is 11.8 Å². The van der Waals surface area contributed by atoms with Gasteiger partial charge in [0.05, 0.1) is 29.8 Å². The number of imide groups is 1. The van der Waals surface area contributed by atoms with E-state index >= 15 is 0 Å². The van der Waals surface area contributed by atoms with Crippen molar-refractivity contribution < 1.29 is 39.0 Å². The van der Waals surface area contributed by atoms with Crippen molar-refractivity contribution in [2.75, 3.05) is 0 Å². The quantitative estimate of drug-likeness (QED) is 0.0936. The average Bonchev–Trinajstić information content (AvgIpc) is 3.36. The summed E-state index contributed by atoms with van der Waals surface area (Å²) in [5.74, 6) is -3.29. The van der Waals surface area contributed by atoms with E-state index in [1.165, 1.54) is 24.3 Å². The van der Waals surface area contributed by atoms with E-state index in [0.29, 0.717) is 16.5 Å². The Hall–Kier alpha value is -5.88. The first kappa shape index (κ1) is 34.3. The summed E-state index contributed by atoms with van der Waals surface area (Å²) >= 11 is 5.51. The minimum Gasteiger partial charge on any atom is -0.478 e. The molecule has 0 saturated carbocycles. The van der Waals surface area contributed by atoms with E-state index in [1.807, 2.05) is 0 Å². The van der Waals surface area contributed by atoms with Crippen LogP contribution in [0, 0.1) is 0 Å². The lowest BCUT2D eigenvalue weighted by Gasteiger charge is -2.12. The zero-order chi connectivity index (χ0) is 32.5. The number of aromatic carboxylic acids is 2. The lowest BCUT2D eigenvalue weighted by Crippen LogP contribution is -2.32. The van der Waals surface area contributed by atoms with Gasteiger partial charge in [-0.15, -0.1) is 16.7 Å². The van der Waals surface area contributed by atoms with Gasteiger partial charge in [-0.3, -0.25) is 9.59 Å². The highest BCUT2D eigenvalue weighted by Gasteiger charge is 2.33. The SMILES string of the molecule is O=C(O)c1ccc(CCl)cc1.[N-]=[N+]=NCc1ccc(C(=O)O)cc1.[N-]=[N+]=NCc1ccc(C(=O)ON2C(=O)CCC2=O)cc1. The molecule has 1 saturated heterocycles. The lowest BCUT2D eigenvalue weighted by atomic mass is 10.1. The lowest BCUT2D eigenvalue weighted by molar-refractivity contribution is -0.172. The predicted molar refractivity (Wildman–Crippen MR) is 155 cm³/mol. The summed E-state index contributed by atoms with van der Waals surface area (Å²) in [5.41, 5.74) is 19.4. The molecule has 0 bridgehead atoms. The molecule has 16 heteroatoms. The van der Waals surface area contributed by atoms with E-state index in [2.05, 4.69) is 20.1 Å². The summed E-state index contributed by atoms with van der Waals surface area (Å²) in [5, 5.41) is 24.3. The standard InChI is InChI=1S/C12H10N4O4.C8H7ClO2.C8H7N3O2/c13-15-14-7-8-1-3-9(4-2-8)12(19)20-16-10(17)5-6-11(16)18;9-5-6-1-3-7(4-2-6)8(10)11;9-11-10-5-6-1-3-7(4-2-6)8(12)13/h1-4H,5-7H2;1-4H,5H2,(H,10,11);1-4H,5H2,(H,12,13). The number of benzene rings is 3. The number of amides is 2. The second-order valence-electron chi connectivity index (χ2n) is 8.57. The summed E-state index contributed by atoms with van der Waals surface area (Å²) in [7, 11) is 0. The van der Waals surface area contributed by atoms with Crippen LogP contribution in [-0.2, 0) is 33.4 Å². The first-order chi connectivity index (χ1) is 21.1. The summed E-state index contributed by atoms with van der Waals surface area (Å²) in [6.07, 6.45) is 0.106. The Morgan fingerprint density at radius 2 is 1.07 bits per heavy atom. The number of halogens is 1. The number of alkyl halides is 1. The van der Waals surface area contributed by atoms with E-state index in [1.54, 1.807) is 48.5 Å². The summed E-state index contributed by atoms with van der Waals surface area (Å²) in [6.45, 7) is 0.422. The Bertz CT molecular complexity index is 1570. The maximum absolute atomic E-state index is 11.8. The van der Waals surface area contributed by atoms with Gasteiger partial charge in [-0.2, -0.15) is 0 Å². The van der Waals surface area contributed by atoms with Crippen molar-refractivity contribution in [1.82, 2.24) is 5.06 Å². The molecule has 44 heavy (non-hydrogen) atoms. The monoisotopic (exact) mass is 621 g/mol. The van der Waals surface area contributed by atoms with E-state index in [4.69, 9.17) is 37.7 Å². The fraction of sp³-hybridized carbons (Fsp3) is 0.179. The molecule has 0 aliphatic carbocycles. The molecule has 0 spiro atoms. The van der Waals surface area contributed by atoms with Crippen molar-refractivity contribution in [3.63, 3.8) is 0 Å². The molecule has 15 nitrogen and oxygen atoms in total. The van der Waals surface area contributed by atoms with Crippen LogP contribution < -0.4 is 0 Å². The number of hydrogen-bond acceptors (Lipinski definition) is 8. The number of azide groups is 2. The van der Waals surface area contributed by atoms with Crippen LogP contribution in [0.2, 0.25) is 0 Å². The first-order valence-electron chi connectivity index (χ1n) is 12.5. The Kier molecular flexibility index (Phi) is 13.9. The number of hydroxylamine groups is 2. The van der Waals surface area contributed by atoms with Gasteiger partial charge in [-0.1, -0.05) is 46.6 Å². The fourth-order valence-corrected chi connectivity index (χ4v) is 3.43.